The second kappa shape index (κ2) is 7.96. The molecule has 2 heterocycles. The van der Waals surface area contributed by atoms with Gasteiger partial charge in [0, 0.05) is 5.75 Å². The van der Waals surface area contributed by atoms with Gasteiger partial charge in [-0.3, -0.25) is 0 Å². The highest BCUT2D eigenvalue weighted by molar-refractivity contribution is 7.99. The molecule has 0 amide bonds. The van der Waals surface area contributed by atoms with Gasteiger partial charge in [-0.15, -0.1) is 10.2 Å². The highest BCUT2D eigenvalue weighted by Gasteiger charge is 2.13. The van der Waals surface area contributed by atoms with E-state index in [4.69, 9.17) is 13.6 Å². The van der Waals surface area contributed by atoms with Crippen molar-refractivity contribution in [2.24, 2.45) is 0 Å². The van der Waals surface area contributed by atoms with Crippen molar-refractivity contribution in [3.05, 3.63) is 54.3 Å². The minimum atomic E-state index is -0.609. The second-order valence-corrected chi connectivity index (χ2v) is 5.79. The molecule has 1 atom stereocenters. The molecular weight excluding hydrogens is 316 g/mol. The molecule has 0 bridgehead atoms. The summed E-state index contributed by atoms with van der Waals surface area (Å²) in [6.45, 7) is 0.729. The Labute approximate surface area is 137 Å². The van der Waals surface area contributed by atoms with Crippen molar-refractivity contribution in [3.63, 3.8) is 0 Å². The molecular formula is C16H16N2O4S. The van der Waals surface area contributed by atoms with Gasteiger partial charge in [0.25, 0.3) is 11.1 Å². The molecule has 1 aromatic carbocycles. The van der Waals surface area contributed by atoms with Gasteiger partial charge in [0.05, 0.1) is 25.6 Å². The Balaban J connectivity index is 1.40. The lowest BCUT2D eigenvalue weighted by molar-refractivity contribution is 0.0397. The number of benzene rings is 1. The van der Waals surface area contributed by atoms with Crippen LogP contribution in [0.5, 0.6) is 0 Å². The van der Waals surface area contributed by atoms with Gasteiger partial charge in [-0.05, 0) is 17.7 Å². The van der Waals surface area contributed by atoms with Gasteiger partial charge >= 0.3 is 0 Å². The Morgan fingerprint density at radius 2 is 2.00 bits per heavy atom. The minimum Gasteiger partial charge on any atom is -0.459 e. The van der Waals surface area contributed by atoms with E-state index in [0.29, 0.717) is 29.2 Å². The fourth-order valence-corrected chi connectivity index (χ4v) is 2.54. The Kier molecular flexibility index (Phi) is 5.46. The van der Waals surface area contributed by atoms with Crippen LogP contribution in [0.25, 0.3) is 11.7 Å². The monoisotopic (exact) mass is 332 g/mol. The highest BCUT2D eigenvalue weighted by atomic mass is 32.2. The van der Waals surface area contributed by atoms with Crippen molar-refractivity contribution in [1.82, 2.24) is 10.2 Å². The molecule has 6 nitrogen and oxygen atoms in total. The lowest BCUT2D eigenvalue weighted by atomic mass is 10.2. The summed E-state index contributed by atoms with van der Waals surface area (Å²) in [6, 6.07) is 13.3. The summed E-state index contributed by atoms with van der Waals surface area (Å²) in [4.78, 5) is 0. The molecule has 0 radical (unpaired) electrons. The molecule has 0 spiro atoms. The van der Waals surface area contributed by atoms with Crippen LogP contribution in [0.15, 0.2) is 62.8 Å². The van der Waals surface area contributed by atoms with Gasteiger partial charge in [0.15, 0.2) is 5.76 Å². The lowest BCUT2D eigenvalue weighted by Crippen LogP contribution is -2.17. The molecule has 0 saturated heterocycles. The van der Waals surface area contributed by atoms with Gasteiger partial charge < -0.3 is 18.7 Å². The first-order chi connectivity index (χ1) is 11.3. The van der Waals surface area contributed by atoms with E-state index < -0.39 is 6.10 Å². The van der Waals surface area contributed by atoms with Gasteiger partial charge in [-0.25, -0.2) is 0 Å². The quantitative estimate of drug-likeness (QED) is 0.635. The third kappa shape index (κ3) is 4.69. The molecule has 3 rings (SSSR count). The third-order valence-electron chi connectivity index (χ3n) is 2.96. The molecule has 0 fully saturated rings. The van der Waals surface area contributed by atoms with Crippen molar-refractivity contribution in [3.8, 4) is 11.7 Å². The van der Waals surface area contributed by atoms with Crippen LogP contribution in [0.3, 0.4) is 0 Å². The molecule has 1 N–H and O–H groups in total. The first kappa shape index (κ1) is 15.8. The van der Waals surface area contributed by atoms with E-state index in [1.54, 1.807) is 18.4 Å². The summed E-state index contributed by atoms with van der Waals surface area (Å²) < 4.78 is 16.1. The fraction of sp³-hybridized carbons (Fsp3) is 0.250. The number of rotatable bonds is 8. The van der Waals surface area contributed by atoms with E-state index in [0.717, 1.165) is 5.56 Å². The summed E-state index contributed by atoms with van der Waals surface area (Å²) in [6.07, 6.45) is 0.933. The number of hydrogen-bond donors (Lipinski definition) is 1. The number of furan rings is 1. The number of hydrogen-bond acceptors (Lipinski definition) is 7. The molecule has 0 aliphatic carbocycles. The molecule has 7 heteroatoms. The topological polar surface area (TPSA) is 81.5 Å². The Bertz CT molecular complexity index is 700. The largest absolute Gasteiger partial charge is 0.459 e. The number of nitrogens with zero attached hydrogens (tertiary/aromatic N) is 2. The summed E-state index contributed by atoms with van der Waals surface area (Å²) >= 11 is 1.28. The third-order valence-corrected chi connectivity index (χ3v) is 3.92. The van der Waals surface area contributed by atoms with Crippen molar-refractivity contribution < 1.29 is 18.7 Å². The molecule has 0 unspecified atom stereocenters. The number of thioether (sulfide) groups is 1. The maximum Gasteiger partial charge on any atom is 0.284 e. The van der Waals surface area contributed by atoms with E-state index in [1.807, 2.05) is 30.3 Å². The van der Waals surface area contributed by atoms with Crippen LogP contribution >= 0.6 is 11.8 Å². The van der Waals surface area contributed by atoms with Crippen LogP contribution in [0.4, 0.5) is 0 Å². The highest BCUT2D eigenvalue weighted by Crippen LogP contribution is 2.23. The Morgan fingerprint density at radius 3 is 2.78 bits per heavy atom. The predicted molar refractivity (Wildman–Crippen MR) is 84.8 cm³/mol. The SMILES string of the molecule is O[C@H](COCc1ccccc1)CSc1nnc(-c2ccco2)o1. The maximum atomic E-state index is 9.93. The van der Waals surface area contributed by atoms with E-state index in [-0.39, 0.29) is 6.61 Å². The lowest BCUT2D eigenvalue weighted by Gasteiger charge is -2.09. The summed E-state index contributed by atoms with van der Waals surface area (Å²) in [5.74, 6) is 1.26. The maximum absolute atomic E-state index is 9.93. The smallest absolute Gasteiger partial charge is 0.284 e. The number of ether oxygens (including phenoxy) is 1. The van der Waals surface area contributed by atoms with E-state index in [9.17, 15) is 5.11 Å². The molecule has 2 aromatic heterocycles. The molecule has 3 aromatic rings. The second-order valence-electron chi connectivity index (χ2n) is 4.82. The number of aliphatic hydroxyl groups is 1. The number of aromatic nitrogens is 2. The molecule has 0 aliphatic rings. The van der Waals surface area contributed by atoms with Crippen molar-refractivity contribution in [2.75, 3.05) is 12.4 Å². The summed E-state index contributed by atoms with van der Waals surface area (Å²) in [7, 11) is 0. The van der Waals surface area contributed by atoms with Crippen LogP contribution in [0, 0.1) is 0 Å². The summed E-state index contributed by atoms with van der Waals surface area (Å²) in [5.41, 5.74) is 1.08. The van der Waals surface area contributed by atoms with E-state index >= 15 is 0 Å². The predicted octanol–water partition coefficient (Wildman–Crippen LogP) is 3.00. The van der Waals surface area contributed by atoms with Crippen molar-refractivity contribution in [1.29, 1.82) is 0 Å². The Morgan fingerprint density at radius 1 is 1.13 bits per heavy atom. The normalized spacial score (nSPS) is 12.4. The van der Waals surface area contributed by atoms with Crippen LogP contribution in [-0.2, 0) is 11.3 Å². The van der Waals surface area contributed by atoms with Gasteiger partial charge in [-0.2, -0.15) is 0 Å². The fourth-order valence-electron chi connectivity index (χ4n) is 1.87. The average Bonchev–Trinajstić information content (AvgIpc) is 3.25. The molecule has 23 heavy (non-hydrogen) atoms. The van der Waals surface area contributed by atoms with Crippen LogP contribution < -0.4 is 0 Å². The van der Waals surface area contributed by atoms with Gasteiger partial charge in [0.1, 0.15) is 0 Å². The van der Waals surface area contributed by atoms with Crippen molar-refractivity contribution >= 4 is 11.8 Å². The van der Waals surface area contributed by atoms with Crippen LogP contribution in [0.2, 0.25) is 0 Å². The van der Waals surface area contributed by atoms with Crippen molar-refractivity contribution in [2.45, 2.75) is 17.9 Å². The van der Waals surface area contributed by atoms with Crippen LogP contribution in [0.1, 0.15) is 5.56 Å². The molecule has 120 valence electrons. The van der Waals surface area contributed by atoms with E-state index in [1.165, 1.54) is 11.8 Å². The molecule has 0 saturated carbocycles. The van der Waals surface area contributed by atoms with Crippen LogP contribution in [-0.4, -0.2) is 33.8 Å². The van der Waals surface area contributed by atoms with E-state index in [2.05, 4.69) is 10.2 Å². The minimum absolute atomic E-state index is 0.251. The first-order valence-corrected chi connectivity index (χ1v) is 8.10. The van der Waals surface area contributed by atoms with Gasteiger partial charge in [0.2, 0.25) is 0 Å². The standard InChI is InChI=1S/C16H16N2O4S/c19-13(10-20-9-12-5-2-1-3-6-12)11-23-16-18-17-15(22-16)14-7-4-8-21-14/h1-8,13,19H,9-11H2/t13-/m1/s1. The van der Waals surface area contributed by atoms with Gasteiger partial charge in [-0.1, -0.05) is 42.1 Å². The first-order valence-electron chi connectivity index (χ1n) is 7.11. The zero-order valence-electron chi connectivity index (χ0n) is 12.3. The molecule has 0 aliphatic heterocycles. The summed E-state index contributed by atoms with van der Waals surface area (Å²) in [5, 5.41) is 18.1. The Hall–Kier alpha value is -2.09. The number of aliphatic hydroxyl groups excluding tert-OH is 1. The average molecular weight is 332 g/mol. The zero-order chi connectivity index (χ0) is 15.9. The zero-order valence-corrected chi connectivity index (χ0v) is 13.1.